The average Bonchev–Trinajstić information content (AvgIpc) is 2.86. The number of nitriles is 1. The molecule has 0 fully saturated rings. The van der Waals surface area contributed by atoms with Crippen molar-refractivity contribution < 1.29 is 0 Å². The zero-order valence-electron chi connectivity index (χ0n) is 12.4. The largest absolute Gasteiger partial charge is 0.299 e. The van der Waals surface area contributed by atoms with Crippen LogP contribution in [0.4, 0.5) is 0 Å². The smallest absolute Gasteiger partial charge is 0.163 e. The van der Waals surface area contributed by atoms with Crippen LogP contribution in [-0.4, -0.2) is 14.4 Å². The van der Waals surface area contributed by atoms with Gasteiger partial charge in [0.05, 0.1) is 23.9 Å². The Morgan fingerprint density at radius 2 is 2.09 bits per heavy atom. The molecule has 0 aliphatic heterocycles. The fraction of sp³-hybridized carbons (Fsp3) is 0.167. The predicted molar refractivity (Wildman–Crippen MR) is 86.2 cm³/mol. The van der Waals surface area contributed by atoms with Crippen LogP contribution < -0.4 is 0 Å². The second-order valence-electron chi connectivity index (χ2n) is 5.08. The number of hydrogen-bond donors (Lipinski definition) is 0. The lowest BCUT2D eigenvalue weighted by molar-refractivity contribution is 1.02. The molecule has 1 aromatic carbocycles. The van der Waals surface area contributed by atoms with E-state index < -0.39 is 0 Å². The van der Waals surface area contributed by atoms with Crippen LogP contribution in [0, 0.1) is 18.3 Å². The van der Waals surface area contributed by atoms with E-state index in [1.807, 2.05) is 41.8 Å². The molecule has 108 valence electrons. The second kappa shape index (κ2) is 6.23. The van der Waals surface area contributed by atoms with E-state index in [0.717, 1.165) is 29.1 Å². The van der Waals surface area contributed by atoms with Crippen molar-refractivity contribution in [3.05, 3.63) is 71.4 Å². The van der Waals surface area contributed by atoms with E-state index in [4.69, 9.17) is 5.26 Å². The van der Waals surface area contributed by atoms with Crippen molar-refractivity contribution in [3.8, 4) is 6.07 Å². The quantitative estimate of drug-likeness (QED) is 0.739. The van der Waals surface area contributed by atoms with Crippen molar-refractivity contribution >= 4 is 11.7 Å². The number of rotatable bonds is 4. The third-order valence-corrected chi connectivity index (χ3v) is 3.59. The molecule has 0 saturated heterocycles. The summed E-state index contributed by atoms with van der Waals surface area (Å²) in [6.07, 6.45) is 8.89. The molecule has 2 aromatic heterocycles. The third kappa shape index (κ3) is 2.75. The predicted octanol–water partition coefficient (Wildman–Crippen LogP) is 3.36. The van der Waals surface area contributed by atoms with E-state index in [-0.39, 0.29) is 0 Å². The highest BCUT2D eigenvalue weighted by Gasteiger charge is 2.10. The van der Waals surface area contributed by atoms with Crippen LogP contribution in [0.3, 0.4) is 0 Å². The lowest BCUT2D eigenvalue weighted by Gasteiger charge is -2.00. The van der Waals surface area contributed by atoms with Crippen LogP contribution >= 0.6 is 0 Å². The van der Waals surface area contributed by atoms with Crippen LogP contribution in [0.2, 0.25) is 0 Å². The zero-order valence-corrected chi connectivity index (χ0v) is 12.4. The highest BCUT2D eigenvalue weighted by Crippen LogP contribution is 2.16. The highest BCUT2D eigenvalue weighted by molar-refractivity contribution is 5.63. The van der Waals surface area contributed by atoms with Crippen LogP contribution in [-0.2, 0) is 12.8 Å². The van der Waals surface area contributed by atoms with E-state index in [9.17, 15) is 0 Å². The van der Waals surface area contributed by atoms with Gasteiger partial charge in [-0.1, -0.05) is 36.4 Å². The van der Waals surface area contributed by atoms with Crippen LogP contribution in [0.25, 0.3) is 11.7 Å². The molecule has 3 aromatic rings. The maximum Gasteiger partial charge on any atom is 0.163 e. The van der Waals surface area contributed by atoms with Crippen molar-refractivity contribution in [2.45, 2.75) is 19.8 Å². The maximum atomic E-state index is 8.94. The monoisotopic (exact) mass is 288 g/mol. The molecule has 3 rings (SSSR count). The minimum Gasteiger partial charge on any atom is -0.299 e. The summed E-state index contributed by atoms with van der Waals surface area (Å²) in [5.41, 5.74) is 4.69. The SMILES string of the molecule is Cc1nc2c(C=CCc3ccccc3)nccn2c1CC#N. The standard InChI is InChI=1S/C18H16N4/c1-14-17(10-11-19)22-13-12-20-16(18(22)21-14)9-5-8-15-6-3-2-4-7-15/h2-7,9,12-13H,8,10H2,1H3. The number of hydrogen-bond acceptors (Lipinski definition) is 3. The van der Waals surface area contributed by atoms with Crippen LogP contribution in [0.15, 0.2) is 48.8 Å². The molecule has 0 atom stereocenters. The number of nitrogens with zero attached hydrogens (tertiary/aromatic N) is 4. The van der Waals surface area contributed by atoms with Gasteiger partial charge in [-0.2, -0.15) is 5.26 Å². The van der Waals surface area contributed by atoms with E-state index in [2.05, 4.69) is 34.2 Å². The summed E-state index contributed by atoms with van der Waals surface area (Å²) < 4.78 is 1.95. The first-order valence-corrected chi connectivity index (χ1v) is 7.19. The number of fused-ring (bicyclic) bond motifs is 1. The number of benzene rings is 1. The first kappa shape index (κ1) is 14.0. The molecule has 0 N–H and O–H groups in total. The summed E-state index contributed by atoms with van der Waals surface area (Å²) in [7, 11) is 0. The van der Waals surface area contributed by atoms with Crippen LogP contribution in [0.1, 0.15) is 22.6 Å². The highest BCUT2D eigenvalue weighted by atomic mass is 15.0. The minimum atomic E-state index is 0.351. The number of aryl methyl sites for hydroxylation is 1. The summed E-state index contributed by atoms with van der Waals surface area (Å²) >= 11 is 0. The van der Waals surface area contributed by atoms with Gasteiger partial charge < -0.3 is 0 Å². The lowest BCUT2D eigenvalue weighted by atomic mass is 10.1. The van der Waals surface area contributed by atoms with Crippen molar-refractivity contribution in [1.82, 2.24) is 14.4 Å². The topological polar surface area (TPSA) is 54.0 Å². The van der Waals surface area contributed by atoms with E-state index >= 15 is 0 Å². The van der Waals surface area contributed by atoms with E-state index in [1.165, 1.54) is 5.56 Å². The second-order valence-corrected chi connectivity index (χ2v) is 5.08. The Hall–Kier alpha value is -2.93. The Morgan fingerprint density at radius 1 is 1.27 bits per heavy atom. The van der Waals surface area contributed by atoms with Gasteiger partial charge in [0.25, 0.3) is 0 Å². The van der Waals surface area contributed by atoms with Crippen molar-refractivity contribution in [3.63, 3.8) is 0 Å². The third-order valence-electron chi connectivity index (χ3n) is 3.59. The van der Waals surface area contributed by atoms with Gasteiger partial charge in [-0.3, -0.25) is 9.38 Å². The molecule has 0 aliphatic carbocycles. The molecule has 0 bridgehead atoms. The van der Waals surface area contributed by atoms with E-state index in [0.29, 0.717) is 6.42 Å². The molecule has 4 heteroatoms. The molecule has 0 spiro atoms. The molecule has 0 unspecified atom stereocenters. The van der Waals surface area contributed by atoms with Gasteiger partial charge in [-0.25, -0.2) is 4.98 Å². The lowest BCUT2D eigenvalue weighted by Crippen LogP contribution is -1.95. The maximum absolute atomic E-state index is 8.94. The van der Waals surface area contributed by atoms with Gasteiger partial charge in [-0.15, -0.1) is 0 Å². The minimum absolute atomic E-state index is 0.351. The molecule has 0 saturated carbocycles. The van der Waals surface area contributed by atoms with Crippen molar-refractivity contribution in [1.29, 1.82) is 5.26 Å². The summed E-state index contributed by atoms with van der Waals surface area (Å²) in [6.45, 7) is 1.93. The summed E-state index contributed by atoms with van der Waals surface area (Å²) in [5, 5.41) is 8.94. The van der Waals surface area contributed by atoms with Gasteiger partial charge in [0.2, 0.25) is 0 Å². The molecule has 22 heavy (non-hydrogen) atoms. The Morgan fingerprint density at radius 3 is 2.86 bits per heavy atom. The summed E-state index contributed by atoms with van der Waals surface area (Å²) in [6, 6.07) is 12.5. The van der Waals surface area contributed by atoms with Gasteiger partial charge in [0.1, 0.15) is 5.69 Å². The number of allylic oxidation sites excluding steroid dienone is 1. The summed E-state index contributed by atoms with van der Waals surface area (Å²) in [4.78, 5) is 8.96. The average molecular weight is 288 g/mol. The zero-order chi connectivity index (χ0) is 15.4. The van der Waals surface area contributed by atoms with Crippen LogP contribution in [0.5, 0.6) is 0 Å². The normalized spacial score (nSPS) is 11.1. The Balaban J connectivity index is 1.91. The van der Waals surface area contributed by atoms with Gasteiger partial charge in [0, 0.05) is 12.4 Å². The molecule has 4 nitrogen and oxygen atoms in total. The molecule has 0 amide bonds. The Bertz CT molecular complexity index is 854. The number of imidazole rings is 1. The fourth-order valence-corrected chi connectivity index (χ4v) is 2.48. The first-order valence-electron chi connectivity index (χ1n) is 7.19. The Kier molecular flexibility index (Phi) is 3.97. The number of aromatic nitrogens is 3. The van der Waals surface area contributed by atoms with Gasteiger partial charge in [0.15, 0.2) is 5.65 Å². The van der Waals surface area contributed by atoms with Crippen molar-refractivity contribution in [2.75, 3.05) is 0 Å². The molecule has 2 heterocycles. The van der Waals surface area contributed by atoms with Gasteiger partial charge in [-0.05, 0) is 25.0 Å². The van der Waals surface area contributed by atoms with E-state index in [1.54, 1.807) is 6.20 Å². The van der Waals surface area contributed by atoms with Crippen molar-refractivity contribution in [2.24, 2.45) is 0 Å². The molecule has 0 radical (unpaired) electrons. The molecular weight excluding hydrogens is 272 g/mol. The molecular formula is C18H16N4. The molecule has 0 aliphatic rings. The summed E-state index contributed by atoms with van der Waals surface area (Å²) in [5.74, 6) is 0. The Labute approximate surface area is 129 Å². The first-order chi connectivity index (χ1) is 10.8. The fourth-order valence-electron chi connectivity index (χ4n) is 2.48. The van der Waals surface area contributed by atoms with Gasteiger partial charge >= 0.3 is 0 Å².